The molecular weight excluding hydrogens is 344 g/mol. The zero-order chi connectivity index (χ0) is 19.1. The van der Waals surface area contributed by atoms with E-state index in [0.717, 1.165) is 40.6 Å². The summed E-state index contributed by atoms with van der Waals surface area (Å²) in [6.07, 6.45) is 1.69. The van der Waals surface area contributed by atoms with Crippen LogP contribution < -0.4 is 0 Å². The van der Waals surface area contributed by atoms with E-state index in [9.17, 15) is 9.59 Å². The van der Waals surface area contributed by atoms with Crippen LogP contribution in [-0.2, 0) is 9.53 Å². The number of carbonyl (C=O) groups is 2. The molecule has 1 aliphatic heterocycles. The van der Waals surface area contributed by atoms with Crippen LogP contribution in [0.15, 0.2) is 18.2 Å². The fraction of sp³-hybridized carbons (Fsp3) is 0.476. The monoisotopic (exact) mass is 368 g/mol. The Labute approximate surface area is 158 Å². The molecular formula is C21H24N2O4. The first-order valence-corrected chi connectivity index (χ1v) is 9.47. The lowest BCUT2D eigenvalue weighted by Gasteiger charge is -2.32. The summed E-state index contributed by atoms with van der Waals surface area (Å²) in [5, 5.41) is 9.90. The van der Waals surface area contributed by atoms with Crippen molar-refractivity contribution in [3.05, 3.63) is 40.6 Å². The van der Waals surface area contributed by atoms with Crippen LogP contribution >= 0.6 is 0 Å². The lowest BCUT2D eigenvalue weighted by molar-refractivity contribution is -0.141. The minimum absolute atomic E-state index is 0.0620. The quantitative estimate of drug-likeness (QED) is 0.897. The van der Waals surface area contributed by atoms with Crippen molar-refractivity contribution in [1.29, 1.82) is 0 Å². The second-order valence-corrected chi connectivity index (χ2v) is 7.69. The van der Waals surface area contributed by atoms with Crippen LogP contribution in [-0.4, -0.2) is 52.7 Å². The average molecular weight is 368 g/mol. The second-order valence-electron chi connectivity index (χ2n) is 7.69. The largest absolute Gasteiger partial charge is 0.481 e. The van der Waals surface area contributed by atoms with Crippen molar-refractivity contribution >= 4 is 22.8 Å². The number of ether oxygens (including phenoxy) is 1. The number of hydrogen-bond acceptors (Lipinski definition) is 4. The van der Waals surface area contributed by atoms with Crippen molar-refractivity contribution in [3.8, 4) is 0 Å². The fourth-order valence-electron chi connectivity index (χ4n) is 3.86. The zero-order valence-electron chi connectivity index (χ0n) is 15.7. The Morgan fingerprint density at radius 1 is 1.26 bits per heavy atom. The molecule has 2 fully saturated rings. The molecule has 1 aromatic heterocycles. The normalized spacial score (nSPS) is 20.1. The van der Waals surface area contributed by atoms with Gasteiger partial charge in [-0.2, -0.15) is 0 Å². The first-order valence-electron chi connectivity index (χ1n) is 9.47. The van der Waals surface area contributed by atoms with Crippen LogP contribution in [0, 0.1) is 13.8 Å². The Balaban J connectivity index is 1.73. The molecule has 142 valence electrons. The third-order valence-corrected chi connectivity index (χ3v) is 5.32. The van der Waals surface area contributed by atoms with E-state index < -0.39 is 12.1 Å². The second kappa shape index (κ2) is 6.93. The summed E-state index contributed by atoms with van der Waals surface area (Å²) in [6.45, 7) is 5.19. The summed E-state index contributed by atoms with van der Waals surface area (Å²) in [4.78, 5) is 30.9. The van der Waals surface area contributed by atoms with Crippen LogP contribution in [0.3, 0.4) is 0 Å². The number of carboxylic acids is 1. The third kappa shape index (κ3) is 3.67. The van der Waals surface area contributed by atoms with Crippen molar-refractivity contribution < 1.29 is 19.4 Å². The summed E-state index contributed by atoms with van der Waals surface area (Å²) in [7, 11) is 0. The standard InChI is InChI=1S/C21H24N2O4/c1-12-7-13(2)20-16(8-12)17(10-18(22-20)14-3-4-14)21(26)23-5-6-27-15(11-23)9-19(24)25/h7-8,10,14-15H,3-6,9,11H2,1-2H3,(H,24,25). The molecule has 1 N–H and O–H groups in total. The highest BCUT2D eigenvalue weighted by atomic mass is 16.5. The van der Waals surface area contributed by atoms with Gasteiger partial charge < -0.3 is 14.7 Å². The fourth-order valence-corrected chi connectivity index (χ4v) is 3.86. The minimum atomic E-state index is -0.911. The van der Waals surface area contributed by atoms with Gasteiger partial charge in [0.1, 0.15) is 0 Å². The summed E-state index contributed by atoms with van der Waals surface area (Å²) in [5.41, 5.74) is 4.73. The molecule has 1 aliphatic carbocycles. The number of pyridine rings is 1. The molecule has 2 aromatic rings. The smallest absolute Gasteiger partial charge is 0.306 e. The molecule has 1 saturated carbocycles. The van der Waals surface area contributed by atoms with Gasteiger partial charge in [0.15, 0.2) is 0 Å². The number of fused-ring (bicyclic) bond motifs is 1. The highest BCUT2D eigenvalue weighted by Gasteiger charge is 2.31. The number of hydrogen-bond donors (Lipinski definition) is 1. The Hall–Kier alpha value is -2.47. The van der Waals surface area contributed by atoms with Gasteiger partial charge in [-0.05, 0) is 44.4 Å². The van der Waals surface area contributed by atoms with Gasteiger partial charge in [-0.1, -0.05) is 11.6 Å². The molecule has 0 spiro atoms. The molecule has 1 atom stereocenters. The van der Waals surface area contributed by atoms with Gasteiger partial charge in [0.2, 0.25) is 0 Å². The molecule has 2 aliphatic rings. The number of aliphatic carboxylic acids is 1. The molecule has 1 saturated heterocycles. The van der Waals surface area contributed by atoms with Crippen LogP contribution in [0.5, 0.6) is 0 Å². The van der Waals surface area contributed by atoms with Crippen LogP contribution in [0.2, 0.25) is 0 Å². The molecule has 6 nitrogen and oxygen atoms in total. The Bertz CT molecular complexity index is 920. The zero-order valence-corrected chi connectivity index (χ0v) is 15.7. The van der Waals surface area contributed by atoms with E-state index in [1.54, 1.807) is 4.90 Å². The molecule has 6 heteroatoms. The molecule has 0 bridgehead atoms. The summed E-state index contributed by atoms with van der Waals surface area (Å²) >= 11 is 0. The van der Waals surface area contributed by atoms with E-state index in [-0.39, 0.29) is 12.3 Å². The lowest BCUT2D eigenvalue weighted by atomic mass is 9.99. The van der Waals surface area contributed by atoms with Gasteiger partial charge in [0.05, 0.1) is 30.2 Å². The van der Waals surface area contributed by atoms with Crippen molar-refractivity contribution in [1.82, 2.24) is 9.88 Å². The van der Waals surface area contributed by atoms with Gasteiger partial charge in [-0.25, -0.2) is 0 Å². The number of carboxylic acid groups (broad SMARTS) is 1. The number of benzene rings is 1. The first-order chi connectivity index (χ1) is 12.9. The highest BCUT2D eigenvalue weighted by molar-refractivity contribution is 6.07. The summed E-state index contributed by atoms with van der Waals surface area (Å²) in [5.74, 6) is -0.523. The van der Waals surface area contributed by atoms with Gasteiger partial charge in [-0.15, -0.1) is 0 Å². The Morgan fingerprint density at radius 2 is 2.04 bits per heavy atom. The van der Waals surface area contributed by atoms with Gasteiger partial charge in [-0.3, -0.25) is 14.6 Å². The van der Waals surface area contributed by atoms with Crippen molar-refractivity contribution in [2.24, 2.45) is 0 Å². The SMILES string of the molecule is Cc1cc(C)c2nc(C3CC3)cc(C(=O)N3CCOC(CC(=O)O)C3)c2c1. The lowest BCUT2D eigenvalue weighted by Crippen LogP contribution is -2.46. The Morgan fingerprint density at radius 3 is 2.74 bits per heavy atom. The molecule has 4 rings (SSSR count). The van der Waals surface area contributed by atoms with E-state index in [0.29, 0.717) is 31.2 Å². The number of morpholine rings is 1. The van der Waals surface area contributed by atoms with Crippen LogP contribution in [0.1, 0.15) is 52.4 Å². The number of amides is 1. The Kier molecular flexibility index (Phi) is 4.60. The van der Waals surface area contributed by atoms with Gasteiger partial charge >= 0.3 is 5.97 Å². The van der Waals surface area contributed by atoms with E-state index >= 15 is 0 Å². The topological polar surface area (TPSA) is 79.7 Å². The van der Waals surface area contributed by atoms with E-state index in [1.165, 1.54) is 0 Å². The van der Waals surface area contributed by atoms with Crippen LogP contribution in [0.25, 0.3) is 10.9 Å². The summed E-state index contributed by atoms with van der Waals surface area (Å²) < 4.78 is 5.52. The molecule has 27 heavy (non-hydrogen) atoms. The molecule has 2 heterocycles. The van der Waals surface area contributed by atoms with Crippen LogP contribution in [0.4, 0.5) is 0 Å². The van der Waals surface area contributed by atoms with Gasteiger partial charge in [0.25, 0.3) is 5.91 Å². The molecule has 1 aromatic carbocycles. The van der Waals surface area contributed by atoms with Crippen molar-refractivity contribution in [3.63, 3.8) is 0 Å². The highest BCUT2D eigenvalue weighted by Crippen LogP contribution is 2.40. The molecule has 1 amide bonds. The minimum Gasteiger partial charge on any atom is -0.481 e. The maximum Gasteiger partial charge on any atom is 0.306 e. The maximum atomic E-state index is 13.4. The van der Waals surface area contributed by atoms with Crippen molar-refractivity contribution in [2.75, 3.05) is 19.7 Å². The maximum absolute atomic E-state index is 13.4. The predicted molar refractivity (Wildman–Crippen MR) is 101 cm³/mol. The predicted octanol–water partition coefficient (Wildman–Crippen LogP) is 3.04. The molecule has 0 radical (unpaired) electrons. The van der Waals surface area contributed by atoms with E-state index in [1.807, 2.05) is 26.0 Å². The average Bonchev–Trinajstić information content (AvgIpc) is 3.45. The van der Waals surface area contributed by atoms with E-state index in [4.69, 9.17) is 14.8 Å². The first kappa shape index (κ1) is 17.9. The number of rotatable bonds is 4. The number of aryl methyl sites for hydroxylation is 2. The number of carbonyl (C=O) groups excluding carboxylic acids is 1. The van der Waals surface area contributed by atoms with Gasteiger partial charge in [0, 0.05) is 30.1 Å². The summed E-state index contributed by atoms with van der Waals surface area (Å²) in [6, 6.07) is 6.06. The van der Waals surface area contributed by atoms with E-state index in [2.05, 4.69) is 6.07 Å². The number of aromatic nitrogens is 1. The van der Waals surface area contributed by atoms with Crippen molar-refractivity contribution in [2.45, 2.75) is 45.1 Å². The molecule has 1 unspecified atom stereocenters. The number of nitrogens with zero attached hydrogens (tertiary/aromatic N) is 2. The third-order valence-electron chi connectivity index (χ3n) is 5.32.